The molecule has 1 unspecified atom stereocenters. The molecule has 0 rings (SSSR count). The van der Waals surface area contributed by atoms with Crippen LogP contribution in [-0.2, 0) is 28.6 Å². The summed E-state index contributed by atoms with van der Waals surface area (Å²) in [6.07, 6.45) is 75.0. The molecular formula is C65H116O6. The van der Waals surface area contributed by atoms with Gasteiger partial charge in [0.15, 0.2) is 6.10 Å². The Labute approximate surface area is 440 Å². The van der Waals surface area contributed by atoms with Crippen molar-refractivity contribution in [2.75, 3.05) is 13.2 Å². The molecule has 0 aliphatic carbocycles. The molecule has 0 amide bonds. The van der Waals surface area contributed by atoms with Crippen molar-refractivity contribution >= 4 is 17.9 Å². The van der Waals surface area contributed by atoms with E-state index >= 15 is 0 Å². The second-order valence-corrected chi connectivity index (χ2v) is 20.6. The van der Waals surface area contributed by atoms with Crippen LogP contribution in [0.25, 0.3) is 0 Å². The summed E-state index contributed by atoms with van der Waals surface area (Å²) in [5, 5.41) is 0. The molecule has 0 radical (unpaired) electrons. The summed E-state index contributed by atoms with van der Waals surface area (Å²) >= 11 is 0. The number of hydrogen-bond donors (Lipinski definition) is 0. The number of allylic oxidation sites excluding steroid dienone is 10. The van der Waals surface area contributed by atoms with E-state index in [2.05, 4.69) is 81.5 Å². The molecule has 0 aliphatic rings. The summed E-state index contributed by atoms with van der Waals surface area (Å²) in [5.74, 6) is -0.887. The van der Waals surface area contributed by atoms with E-state index in [9.17, 15) is 14.4 Å². The highest BCUT2D eigenvalue weighted by Gasteiger charge is 2.19. The Morgan fingerprint density at radius 1 is 0.296 bits per heavy atom. The number of carbonyl (C=O) groups is 3. The number of hydrogen-bond acceptors (Lipinski definition) is 6. The fraction of sp³-hybridized carbons (Fsp3) is 0.800. The molecule has 0 spiro atoms. The van der Waals surface area contributed by atoms with Gasteiger partial charge in [0.1, 0.15) is 13.2 Å². The van der Waals surface area contributed by atoms with Gasteiger partial charge in [0.2, 0.25) is 0 Å². The number of esters is 3. The first kappa shape index (κ1) is 68.1. The zero-order chi connectivity index (χ0) is 51.4. The topological polar surface area (TPSA) is 78.9 Å². The van der Waals surface area contributed by atoms with E-state index in [0.29, 0.717) is 19.3 Å². The quantitative estimate of drug-likeness (QED) is 0.0261. The van der Waals surface area contributed by atoms with Gasteiger partial charge in [0.05, 0.1) is 0 Å². The first-order valence-corrected chi connectivity index (χ1v) is 30.8. The Balaban J connectivity index is 4.37. The van der Waals surface area contributed by atoms with Crippen molar-refractivity contribution in [3.63, 3.8) is 0 Å². The summed E-state index contributed by atoms with van der Waals surface area (Å²) in [6, 6.07) is 0. The van der Waals surface area contributed by atoms with Crippen LogP contribution in [-0.4, -0.2) is 37.2 Å². The molecule has 0 N–H and O–H groups in total. The van der Waals surface area contributed by atoms with Gasteiger partial charge in [-0.3, -0.25) is 14.4 Å². The predicted octanol–water partition coefficient (Wildman–Crippen LogP) is 20.8. The van der Waals surface area contributed by atoms with Crippen LogP contribution < -0.4 is 0 Å². The molecule has 0 fully saturated rings. The maximum Gasteiger partial charge on any atom is 0.306 e. The minimum Gasteiger partial charge on any atom is -0.462 e. The molecule has 1 atom stereocenters. The predicted molar refractivity (Wildman–Crippen MR) is 307 cm³/mol. The van der Waals surface area contributed by atoms with Crippen LogP contribution in [0.3, 0.4) is 0 Å². The van der Waals surface area contributed by atoms with Crippen LogP contribution >= 0.6 is 0 Å². The number of rotatable bonds is 56. The largest absolute Gasteiger partial charge is 0.462 e. The number of unbranched alkanes of at least 4 members (excludes halogenated alkanes) is 35. The van der Waals surface area contributed by atoms with Crippen molar-refractivity contribution < 1.29 is 28.6 Å². The van der Waals surface area contributed by atoms with E-state index in [4.69, 9.17) is 14.2 Å². The second kappa shape index (κ2) is 59.7. The Bertz CT molecular complexity index is 1280. The maximum atomic E-state index is 12.9. The molecule has 0 saturated carbocycles. The van der Waals surface area contributed by atoms with Crippen molar-refractivity contribution in [3.8, 4) is 0 Å². The lowest BCUT2D eigenvalue weighted by molar-refractivity contribution is -0.167. The number of ether oxygens (including phenoxy) is 3. The van der Waals surface area contributed by atoms with Gasteiger partial charge in [-0.05, 0) is 103 Å². The second-order valence-electron chi connectivity index (χ2n) is 20.6. The van der Waals surface area contributed by atoms with Crippen molar-refractivity contribution in [3.05, 3.63) is 60.8 Å². The average Bonchev–Trinajstić information content (AvgIpc) is 3.37. The lowest BCUT2D eigenvalue weighted by Crippen LogP contribution is -2.30. The molecule has 0 aromatic heterocycles. The van der Waals surface area contributed by atoms with Gasteiger partial charge < -0.3 is 14.2 Å². The van der Waals surface area contributed by atoms with E-state index in [-0.39, 0.29) is 31.1 Å². The van der Waals surface area contributed by atoms with Gasteiger partial charge in [-0.15, -0.1) is 0 Å². The highest BCUT2D eigenvalue weighted by Crippen LogP contribution is 2.16. The molecule has 412 valence electrons. The van der Waals surface area contributed by atoms with E-state index in [1.165, 1.54) is 180 Å². The molecule has 6 nitrogen and oxygen atoms in total. The van der Waals surface area contributed by atoms with Crippen molar-refractivity contribution in [2.45, 2.75) is 322 Å². The monoisotopic (exact) mass is 993 g/mol. The molecule has 0 aromatic rings. The summed E-state index contributed by atoms with van der Waals surface area (Å²) in [6.45, 7) is 6.54. The van der Waals surface area contributed by atoms with Crippen LogP contribution in [0, 0.1) is 0 Å². The van der Waals surface area contributed by atoms with E-state index in [0.717, 1.165) is 96.3 Å². The Morgan fingerprint density at radius 2 is 0.549 bits per heavy atom. The highest BCUT2D eigenvalue weighted by molar-refractivity contribution is 5.71. The Kier molecular flexibility index (Phi) is 57.2. The van der Waals surface area contributed by atoms with Gasteiger partial charge in [0.25, 0.3) is 0 Å². The third-order valence-electron chi connectivity index (χ3n) is 13.5. The molecule has 71 heavy (non-hydrogen) atoms. The zero-order valence-corrected chi connectivity index (χ0v) is 47.2. The number of carbonyl (C=O) groups excluding carboxylic acids is 3. The minimum absolute atomic E-state index is 0.0801. The highest BCUT2D eigenvalue weighted by atomic mass is 16.6. The summed E-state index contributed by atoms with van der Waals surface area (Å²) in [4.78, 5) is 38.3. The summed E-state index contributed by atoms with van der Waals surface area (Å²) < 4.78 is 16.9. The van der Waals surface area contributed by atoms with E-state index < -0.39 is 6.10 Å². The lowest BCUT2D eigenvalue weighted by atomic mass is 10.1. The standard InChI is InChI=1S/C65H116O6/c1-4-7-10-13-16-19-22-25-28-30-32-34-37-40-43-46-49-52-55-58-64(67)70-61-62(60-69-63(66)57-54-51-48-45-42-39-36-27-24-21-18-15-12-9-6-3)71-65(68)59-56-53-50-47-44-41-38-35-33-31-29-26-23-20-17-14-11-8-5-2/h9,12,18,21,25-29,36,62H,4-8,10-11,13-17,19-20,22-24,30-35,37-61H2,1-3H3/b12-9-,21-18-,28-25-,29-26-,36-27-. The van der Waals surface area contributed by atoms with Crippen LogP contribution in [0.15, 0.2) is 60.8 Å². The van der Waals surface area contributed by atoms with Crippen molar-refractivity contribution in [1.82, 2.24) is 0 Å². The van der Waals surface area contributed by atoms with Crippen molar-refractivity contribution in [1.29, 1.82) is 0 Å². The van der Waals surface area contributed by atoms with Gasteiger partial charge in [-0.1, -0.05) is 255 Å². The fourth-order valence-corrected chi connectivity index (χ4v) is 8.86. The minimum atomic E-state index is -0.784. The Hall–Kier alpha value is -2.89. The summed E-state index contributed by atoms with van der Waals surface area (Å²) in [7, 11) is 0. The summed E-state index contributed by atoms with van der Waals surface area (Å²) in [5.41, 5.74) is 0. The van der Waals surface area contributed by atoms with Gasteiger partial charge in [-0.25, -0.2) is 0 Å². The van der Waals surface area contributed by atoms with E-state index in [1.54, 1.807) is 0 Å². The fourth-order valence-electron chi connectivity index (χ4n) is 8.86. The molecule has 0 aromatic carbocycles. The average molecular weight is 994 g/mol. The first-order chi connectivity index (χ1) is 35.0. The van der Waals surface area contributed by atoms with Crippen LogP contribution in [0.2, 0.25) is 0 Å². The van der Waals surface area contributed by atoms with Crippen molar-refractivity contribution in [2.24, 2.45) is 0 Å². The third kappa shape index (κ3) is 57.9. The van der Waals surface area contributed by atoms with E-state index in [1.807, 2.05) is 0 Å². The first-order valence-electron chi connectivity index (χ1n) is 30.8. The maximum absolute atomic E-state index is 12.9. The van der Waals surface area contributed by atoms with Crippen LogP contribution in [0.4, 0.5) is 0 Å². The molecule has 0 aliphatic heterocycles. The SMILES string of the molecule is CC/C=C\C/C=C\C/C=C\CCCCCCCC(=O)OCC(COC(=O)CCCCCCCCCCC/C=C\CCCCCCCC)OC(=O)CCCCCCCCCCC/C=C\CCCCCCCC. The molecule has 0 saturated heterocycles. The van der Waals surface area contributed by atoms with Gasteiger partial charge >= 0.3 is 17.9 Å². The smallest absolute Gasteiger partial charge is 0.306 e. The molecule has 6 heteroatoms. The molecule has 0 bridgehead atoms. The van der Waals surface area contributed by atoms with Crippen LogP contribution in [0.5, 0.6) is 0 Å². The zero-order valence-electron chi connectivity index (χ0n) is 47.2. The lowest BCUT2D eigenvalue weighted by Gasteiger charge is -2.18. The molecular weight excluding hydrogens is 877 g/mol. The Morgan fingerprint density at radius 3 is 0.873 bits per heavy atom. The van der Waals surface area contributed by atoms with Gasteiger partial charge in [-0.2, -0.15) is 0 Å². The van der Waals surface area contributed by atoms with Crippen LogP contribution in [0.1, 0.15) is 316 Å². The van der Waals surface area contributed by atoms with Gasteiger partial charge in [0, 0.05) is 19.3 Å². The normalized spacial score (nSPS) is 12.4. The third-order valence-corrected chi connectivity index (χ3v) is 13.5. The molecule has 0 heterocycles.